The maximum Gasteiger partial charge on any atom is 0.438 e. The number of para-hydroxylation sites is 4. The Bertz CT molecular complexity index is 2390. The molecule has 0 aliphatic rings. The number of carbonyl (C=O) groups is 1. The predicted molar refractivity (Wildman–Crippen MR) is 179 cm³/mol. The summed E-state index contributed by atoms with van der Waals surface area (Å²) < 4.78 is 7.97. The smallest absolute Gasteiger partial charge is 0.438 e. The number of imidazole rings is 2. The van der Waals surface area contributed by atoms with Gasteiger partial charge in [-0.1, -0.05) is 24.3 Å². The predicted octanol–water partition coefficient (Wildman–Crippen LogP) is 5.75. The minimum Gasteiger partial charge on any atom is -0.451 e. The van der Waals surface area contributed by atoms with Gasteiger partial charge in [0.1, 0.15) is 29.5 Å². The van der Waals surface area contributed by atoms with Crippen molar-refractivity contribution in [3.8, 4) is 34.9 Å². The highest BCUT2D eigenvalue weighted by molar-refractivity contribution is 7.08. The van der Waals surface area contributed by atoms with Crippen LogP contribution in [0.15, 0.2) is 95.1 Å². The number of thiazole rings is 2. The van der Waals surface area contributed by atoms with Crippen LogP contribution in [-0.4, -0.2) is 72.3 Å². The van der Waals surface area contributed by atoms with Gasteiger partial charge in [0.15, 0.2) is 11.6 Å². The number of amides is 1. The van der Waals surface area contributed by atoms with Gasteiger partial charge in [-0.15, -0.1) is 22.7 Å². The second-order valence-corrected chi connectivity index (χ2v) is 11.2. The molecular formula is C30H20N12O5S2. The topological polar surface area (TPSA) is 206 Å². The molecule has 1 N–H and O–H groups in total. The summed E-state index contributed by atoms with van der Waals surface area (Å²) in [4.78, 5) is 56.2. The quantitative estimate of drug-likeness (QED) is 0.125. The summed E-state index contributed by atoms with van der Waals surface area (Å²) in [6.07, 6.45) is 4.07. The average molecular weight is 693 g/mol. The summed E-state index contributed by atoms with van der Waals surface area (Å²) in [6, 6.07) is 15.1. The average Bonchev–Trinajstić information content (AvgIpc) is 3.97. The van der Waals surface area contributed by atoms with Gasteiger partial charge in [0.2, 0.25) is 11.9 Å². The standard InChI is InChI=1S/C16H12N6O3S.C14H8N6O2S/c1-25-16(23)22(24)10-6-17-15(18-7-10)21-13-5-3-2-4-11(13)20-14(21)12-8-26-9-19-12;21-20(22)9-5-15-14(16-6-9)19-12-4-2-1-3-10(12)18-13(19)11-7-23-8-17-11/h2-9,24H,1H3;1-8H. The zero-order valence-electron chi connectivity index (χ0n) is 25.0. The number of hydroxylamine groups is 1. The highest BCUT2D eigenvalue weighted by atomic mass is 32.1. The molecule has 1 amide bonds. The van der Waals surface area contributed by atoms with Crippen molar-refractivity contribution in [2.24, 2.45) is 0 Å². The Balaban J connectivity index is 0.000000155. The molecule has 6 heterocycles. The molecule has 242 valence electrons. The van der Waals surface area contributed by atoms with E-state index in [1.165, 1.54) is 54.6 Å². The SMILES string of the molecule is COC(=O)N(O)c1cnc(-n2c(-c3cscn3)nc3ccccc32)nc1.O=[N+]([O-])c1cnc(-n2c(-c3cscn3)nc3ccccc32)nc1. The van der Waals surface area contributed by atoms with Gasteiger partial charge >= 0.3 is 11.8 Å². The lowest BCUT2D eigenvalue weighted by Crippen LogP contribution is -2.27. The van der Waals surface area contributed by atoms with E-state index in [0.29, 0.717) is 40.0 Å². The lowest BCUT2D eigenvalue weighted by atomic mass is 10.3. The van der Waals surface area contributed by atoms with Crippen LogP contribution in [0.25, 0.3) is 57.0 Å². The van der Waals surface area contributed by atoms with Crippen LogP contribution in [0.5, 0.6) is 0 Å². The molecule has 0 bridgehead atoms. The Labute approximate surface area is 282 Å². The number of nitrogens with zero attached hydrogens (tertiary/aromatic N) is 12. The molecule has 19 heteroatoms. The van der Waals surface area contributed by atoms with Crippen molar-refractivity contribution in [1.29, 1.82) is 0 Å². The fraction of sp³-hybridized carbons (Fsp3) is 0.0333. The van der Waals surface area contributed by atoms with Gasteiger partial charge in [-0.05, 0) is 24.3 Å². The first-order valence-electron chi connectivity index (χ1n) is 14.0. The van der Waals surface area contributed by atoms with E-state index in [2.05, 4.69) is 44.6 Å². The van der Waals surface area contributed by atoms with Crippen LogP contribution in [-0.2, 0) is 4.74 Å². The van der Waals surface area contributed by atoms with Gasteiger partial charge in [0.25, 0.3) is 0 Å². The Morgan fingerprint density at radius 2 is 1.24 bits per heavy atom. The van der Waals surface area contributed by atoms with Crippen molar-refractivity contribution in [2.45, 2.75) is 0 Å². The number of rotatable bonds is 6. The number of nitro groups is 1. The summed E-state index contributed by atoms with van der Waals surface area (Å²) >= 11 is 2.92. The summed E-state index contributed by atoms with van der Waals surface area (Å²) in [7, 11) is 1.17. The van der Waals surface area contributed by atoms with Gasteiger partial charge in [0.05, 0.1) is 57.5 Å². The highest BCUT2D eigenvalue weighted by Gasteiger charge is 2.20. The third-order valence-electron chi connectivity index (χ3n) is 6.90. The van der Waals surface area contributed by atoms with Gasteiger partial charge in [-0.25, -0.2) is 44.7 Å². The third-order valence-corrected chi connectivity index (χ3v) is 8.07. The number of carbonyl (C=O) groups excluding carboxylic acids is 1. The van der Waals surface area contributed by atoms with Crippen LogP contribution in [0.3, 0.4) is 0 Å². The molecule has 0 unspecified atom stereocenters. The monoisotopic (exact) mass is 692 g/mol. The molecule has 2 aromatic carbocycles. The number of anilines is 1. The Hall–Kier alpha value is -6.57. The largest absolute Gasteiger partial charge is 0.451 e. The molecule has 0 atom stereocenters. The van der Waals surface area contributed by atoms with Gasteiger partial charge in [-0.2, -0.15) is 5.06 Å². The zero-order chi connectivity index (χ0) is 33.9. The molecule has 0 saturated heterocycles. The van der Waals surface area contributed by atoms with Crippen LogP contribution < -0.4 is 5.06 Å². The number of ether oxygens (including phenoxy) is 1. The van der Waals surface area contributed by atoms with E-state index in [4.69, 9.17) is 0 Å². The normalized spacial score (nSPS) is 10.9. The first-order chi connectivity index (χ1) is 23.9. The van der Waals surface area contributed by atoms with E-state index in [9.17, 15) is 20.1 Å². The van der Waals surface area contributed by atoms with E-state index in [1.54, 1.807) is 20.2 Å². The van der Waals surface area contributed by atoms with Crippen LogP contribution in [0.2, 0.25) is 0 Å². The van der Waals surface area contributed by atoms with Crippen LogP contribution >= 0.6 is 22.7 Å². The van der Waals surface area contributed by atoms with E-state index in [0.717, 1.165) is 22.1 Å². The van der Waals surface area contributed by atoms with Crippen molar-refractivity contribution >= 4 is 62.2 Å². The molecule has 17 nitrogen and oxygen atoms in total. The van der Waals surface area contributed by atoms with Crippen LogP contribution in [0.1, 0.15) is 0 Å². The Morgan fingerprint density at radius 1 is 0.776 bits per heavy atom. The number of aromatic nitrogens is 10. The minimum atomic E-state index is -0.933. The third kappa shape index (κ3) is 6.02. The van der Waals surface area contributed by atoms with Gasteiger partial charge < -0.3 is 4.74 Å². The number of fused-ring (bicyclic) bond motifs is 2. The molecule has 49 heavy (non-hydrogen) atoms. The summed E-state index contributed by atoms with van der Waals surface area (Å²) in [5.74, 6) is 1.85. The van der Waals surface area contributed by atoms with E-state index >= 15 is 0 Å². The molecule has 0 aliphatic carbocycles. The van der Waals surface area contributed by atoms with Crippen molar-refractivity contribution < 1.29 is 19.7 Å². The van der Waals surface area contributed by atoms with E-state index < -0.39 is 11.0 Å². The molecule has 8 aromatic rings. The molecule has 6 aromatic heterocycles. The maximum atomic E-state index is 11.4. The summed E-state index contributed by atoms with van der Waals surface area (Å²) in [6.45, 7) is 0. The molecule has 0 fully saturated rings. The fourth-order valence-corrected chi connectivity index (χ4v) is 5.76. The molecule has 0 saturated carbocycles. The van der Waals surface area contributed by atoms with Crippen LogP contribution in [0, 0.1) is 10.1 Å². The van der Waals surface area contributed by atoms with Gasteiger partial charge in [-0.3, -0.25) is 24.5 Å². The number of hydrogen-bond acceptors (Lipinski definition) is 15. The zero-order valence-corrected chi connectivity index (χ0v) is 26.6. The Morgan fingerprint density at radius 3 is 1.67 bits per heavy atom. The van der Waals surface area contributed by atoms with Crippen molar-refractivity contribution in [3.63, 3.8) is 0 Å². The Kier molecular flexibility index (Phi) is 8.41. The van der Waals surface area contributed by atoms with E-state index in [-0.39, 0.29) is 11.4 Å². The van der Waals surface area contributed by atoms with Gasteiger partial charge in [0, 0.05) is 10.8 Å². The second kappa shape index (κ2) is 13.3. The summed E-state index contributed by atoms with van der Waals surface area (Å²) in [5.41, 5.74) is 7.96. The molecule has 0 spiro atoms. The van der Waals surface area contributed by atoms with Crippen molar-refractivity contribution in [3.05, 3.63) is 105 Å². The molecular weight excluding hydrogens is 673 g/mol. The lowest BCUT2D eigenvalue weighted by molar-refractivity contribution is -0.385. The minimum absolute atomic E-state index is 0.0835. The highest BCUT2D eigenvalue weighted by Crippen LogP contribution is 2.29. The first kappa shape index (κ1) is 31.1. The number of hydrogen-bond donors (Lipinski definition) is 1. The second-order valence-electron chi connectivity index (χ2n) is 9.79. The number of methoxy groups -OCH3 is 1. The molecule has 0 aliphatic heterocycles. The van der Waals surface area contributed by atoms with E-state index in [1.807, 2.05) is 59.3 Å². The fourth-order valence-electron chi connectivity index (χ4n) is 4.70. The maximum absolute atomic E-state index is 11.4. The van der Waals surface area contributed by atoms with Crippen molar-refractivity contribution in [2.75, 3.05) is 12.2 Å². The van der Waals surface area contributed by atoms with Crippen LogP contribution in [0.4, 0.5) is 16.2 Å². The first-order valence-corrected chi connectivity index (χ1v) is 15.9. The molecule has 8 rings (SSSR count). The number of benzene rings is 2. The van der Waals surface area contributed by atoms with Crippen molar-refractivity contribution in [1.82, 2.24) is 49.0 Å². The molecule has 0 radical (unpaired) electrons. The lowest BCUT2D eigenvalue weighted by Gasteiger charge is -2.13. The summed E-state index contributed by atoms with van der Waals surface area (Å²) in [5, 5.41) is 24.6.